The van der Waals surface area contributed by atoms with Crippen molar-refractivity contribution in [2.24, 2.45) is 0 Å². The Hall–Kier alpha value is -1.42. The number of rotatable bonds is 4. The number of halogens is 1. The number of hydrogen-bond donors (Lipinski definition) is 1. The number of pyridine rings is 1. The van der Waals surface area contributed by atoms with Crippen LogP contribution in [-0.2, 0) is 4.79 Å². The molecular weight excluding hydrogens is 206 g/mol. The topological polar surface area (TPSA) is 67.3 Å². The number of hydrogen-bond acceptors (Lipinski definition) is 3. The molecule has 0 radical (unpaired) electrons. The van der Waals surface area contributed by atoms with Crippen LogP contribution in [0.15, 0.2) is 24.4 Å². The fourth-order valence-electron chi connectivity index (χ4n) is 0.876. The largest absolute Gasteiger partial charge is 0.481 e. The van der Waals surface area contributed by atoms with Crippen molar-refractivity contribution in [1.82, 2.24) is 4.98 Å². The molecule has 0 spiro atoms. The molecule has 0 saturated carbocycles. The van der Waals surface area contributed by atoms with Crippen LogP contribution in [0.5, 0.6) is 0 Å². The van der Waals surface area contributed by atoms with Crippen molar-refractivity contribution in [2.45, 2.75) is 12.8 Å². The average Bonchev–Trinajstić information content (AvgIpc) is 2.15. The highest BCUT2D eigenvalue weighted by Crippen LogP contribution is 2.01. The molecule has 0 bridgehead atoms. The van der Waals surface area contributed by atoms with Crippen LogP contribution < -0.4 is 0 Å². The Kier molecular flexibility index (Phi) is 5.48. The summed E-state index contributed by atoms with van der Waals surface area (Å²) < 4.78 is 0. The number of carbonyl (C=O) groups is 2. The second kappa shape index (κ2) is 6.10. The predicted octanol–water partition coefficient (Wildman–Crippen LogP) is 1.55. The molecule has 0 aliphatic carbocycles. The van der Waals surface area contributed by atoms with Gasteiger partial charge in [-0.2, -0.15) is 0 Å². The Balaban J connectivity index is 0.00000169. The van der Waals surface area contributed by atoms with E-state index in [9.17, 15) is 9.59 Å². The Morgan fingerprint density at radius 3 is 2.50 bits per heavy atom. The van der Waals surface area contributed by atoms with E-state index in [2.05, 4.69) is 4.98 Å². The van der Waals surface area contributed by atoms with Gasteiger partial charge in [-0.25, -0.2) is 0 Å². The Morgan fingerprint density at radius 1 is 1.29 bits per heavy atom. The first-order chi connectivity index (χ1) is 6.20. The molecule has 0 amide bonds. The predicted molar refractivity (Wildman–Crippen MR) is 52.7 cm³/mol. The summed E-state index contributed by atoms with van der Waals surface area (Å²) in [6.07, 6.45) is 1.37. The molecular formula is C9H10ClNO3. The normalized spacial score (nSPS) is 8.86. The Bertz CT molecular complexity index is 313. The van der Waals surface area contributed by atoms with Gasteiger partial charge in [0.05, 0.1) is 6.42 Å². The summed E-state index contributed by atoms with van der Waals surface area (Å²) in [5.74, 6) is -1.20. The molecule has 0 aromatic carbocycles. The molecule has 76 valence electrons. The van der Waals surface area contributed by atoms with Gasteiger partial charge in [-0.1, -0.05) is 6.07 Å². The van der Waals surface area contributed by atoms with Gasteiger partial charge in [0.1, 0.15) is 5.69 Å². The molecule has 0 unspecified atom stereocenters. The molecule has 0 atom stereocenters. The smallest absolute Gasteiger partial charge is 0.303 e. The van der Waals surface area contributed by atoms with E-state index in [0.29, 0.717) is 5.69 Å². The number of Topliss-reactive ketones (excluding diaryl/α,β-unsaturated/α-hetero) is 1. The number of carbonyl (C=O) groups excluding carboxylic acids is 1. The van der Waals surface area contributed by atoms with Gasteiger partial charge in [-0.15, -0.1) is 12.4 Å². The lowest BCUT2D eigenvalue weighted by molar-refractivity contribution is -0.136. The van der Waals surface area contributed by atoms with Crippen molar-refractivity contribution in [2.75, 3.05) is 0 Å². The van der Waals surface area contributed by atoms with Gasteiger partial charge in [-0.3, -0.25) is 14.6 Å². The summed E-state index contributed by atoms with van der Waals surface area (Å²) in [4.78, 5) is 25.2. The fraction of sp³-hybridized carbons (Fsp3) is 0.222. The van der Waals surface area contributed by atoms with Gasteiger partial charge in [0, 0.05) is 12.6 Å². The molecule has 5 heteroatoms. The fourth-order valence-corrected chi connectivity index (χ4v) is 0.876. The van der Waals surface area contributed by atoms with Crippen LogP contribution in [0.2, 0.25) is 0 Å². The molecule has 0 saturated heterocycles. The molecule has 0 aliphatic heterocycles. The Labute approximate surface area is 87.4 Å². The zero-order valence-corrected chi connectivity index (χ0v) is 8.16. The van der Waals surface area contributed by atoms with Crippen LogP contribution in [0.4, 0.5) is 0 Å². The van der Waals surface area contributed by atoms with Gasteiger partial charge < -0.3 is 5.11 Å². The minimum atomic E-state index is -0.968. The first kappa shape index (κ1) is 12.6. The summed E-state index contributed by atoms with van der Waals surface area (Å²) in [5, 5.41) is 8.34. The first-order valence-corrected chi connectivity index (χ1v) is 3.86. The summed E-state index contributed by atoms with van der Waals surface area (Å²) in [7, 11) is 0. The molecule has 1 N–H and O–H groups in total. The van der Waals surface area contributed by atoms with E-state index in [0.717, 1.165) is 0 Å². The van der Waals surface area contributed by atoms with Gasteiger partial charge in [0.2, 0.25) is 0 Å². The van der Waals surface area contributed by atoms with Crippen LogP contribution in [0.3, 0.4) is 0 Å². The van der Waals surface area contributed by atoms with Crippen molar-refractivity contribution in [3.63, 3.8) is 0 Å². The lowest BCUT2D eigenvalue weighted by atomic mass is 10.1. The third-order valence-electron chi connectivity index (χ3n) is 1.52. The second-order valence-electron chi connectivity index (χ2n) is 2.53. The van der Waals surface area contributed by atoms with E-state index in [-0.39, 0.29) is 31.0 Å². The number of aromatic nitrogens is 1. The maximum Gasteiger partial charge on any atom is 0.303 e. The van der Waals surface area contributed by atoms with Crippen LogP contribution in [0, 0.1) is 0 Å². The standard InChI is InChI=1S/C9H9NO3.ClH/c11-8(4-5-9(12)13)7-3-1-2-6-10-7;/h1-3,6H,4-5H2,(H,12,13);1H. The zero-order valence-electron chi connectivity index (χ0n) is 7.34. The van der Waals surface area contributed by atoms with Gasteiger partial charge in [0.15, 0.2) is 5.78 Å². The number of aliphatic carboxylic acids is 1. The third-order valence-corrected chi connectivity index (χ3v) is 1.52. The van der Waals surface area contributed by atoms with E-state index in [1.54, 1.807) is 18.2 Å². The third kappa shape index (κ3) is 4.00. The average molecular weight is 216 g/mol. The van der Waals surface area contributed by atoms with Crippen molar-refractivity contribution < 1.29 is 14.7 Å². The van der Waals surface area contributed by atoms with Crippen LogP contribution in [0.25, 0.3) is 0 Å². The molecule has 0 aliphatic rings. The highest BCUT2D eigenvalue weighted by atomic mass is 35.5. The van der Waals surface area contributed by atoms with Gasteiger partial charge in [0.25, 0.3) is 0 Å². The molecule has 1 aromatic heterocycles. The monoisotopic (exact) mass is 215 g/mol. The number of carboxylic acids is 1. The first-order valence-electron chi connectivity index (χ1n) is 3.86. The SMILES string of the molecule is Cl.O=C(O)CCC(=O)c1ccccn1. The highest BCUT2D eigenvalue weighted by molar-refractivity contribution is 5.95. The van der Waals surface area contributed by atoms with Crippen LogP contribution >= 0.6 is 12.4 Å². The summed E-state index contributed by atoms with van der Waals surface area (Å²) in [5.41, 5.74) is 0.323. The summed E-state index contributed by atoms with van der Waals surface area (Å²) in [6, 6.07) is 4.97. The highest BCUT2D eigenvalue weighted by Gasteiger charge is 2.08. The number of nitrogens with zero attached hydrogens (tertiary/aromatic N) is 1. The molecule has 4 nitrogen and oxygen atoms in total. The van der Waals surface area contributed by atoms with Crippen molar-refractivity contribution in [3.8, 4) is 0 Å². The van der Waals surface area contributed by atoms with E-state index in [1.165, 1.54) is 6.20 Å². The number of ketones is 1. The van der Waals surface area contributed by atoms with E-state index < -0.39 is 5.97 Å². The van der Waals surface area contributed by atoms with Gasteiger partial charge >= 0.3 is 5.97 Å². The summed E-state index contributed by atoms with van der Waals surface area (Å²) in [6.45, 7) is 0. The maximum absolute atomic E-state index is 11.2. The lowest BCUT2D eigenvalue weighted by Gasteiger charge is -1.96. The van der Waals surface area contributed by atoms with Crippen LogP contribution in [-0.4, -0.2) is 21.8 Å². The van der Waals surface area contributed by atoms with E-state index in [1.807, 2.05) is 0 Å². The molecule has 1 aromatic rings. The van der Waals surface area contributed by atoms with Crippen molar-refractivity contribution in [3.05, 3.63) is 30.1 Å². The lowest BCUT2D eigenvalue weighted by Crippen LogP contribution is -2.05. The number of carboxylic acid groups (broad SMARTS) is 1. The van der Waals surface area contributed by atoms with Crippen molar-refractivity contribution in [1.29, 1.82) is 0 Å². The van der Waals surface area contributed by atoms with Crippen molar-refractivity contribution >= 4 is 24.2 Å². The van der Waals surface area contributed by atoms with E-state index in [4.69, 9.17) is 5.11 Å². The quantitative estimate of drug-likeness (QED) is 0.774. The van der Waals surface area contributed by atoms with E-state index >= 15 is 0 Å². The molecule has 14 heavy (non-hydrogen) atoms. The van der Waals surface area contributed by atoms with Gasteiger partial charge in [-0.05, 0) is 12.1 Å². The minimum absolute atomic E-state index is 0. The zero-order chi connectivity index (χ0) is 9.68. The molecule has 1 rings (SSSR count). The van der Waals surface area contributed by atoms with Crippen LogP contribution in [0.1, 0.15) is 23.3 Å². The second-order valence-corrected chi connectivity index (χ2v) is 2.53. The molecule has 0 fully saturated rings. The summed E-state index contributed by atoms with van der Waals surface area (Å²) >= 11 is 0. The maximum atomic E-state index is 11.2. The Morgan fingerprint density at radius 2 is 2.00 bits per heavy atom. The molecule has 1 heterocycles. The minimum Gasteiger partial charge on any atom is -0.481 e.